The van der Waals surface area contributed by atoms with E-state index in [1.807, 2.05) is 38.1 Å². The number of hydrogen-bond acceptors (Lipinski definition) is 3. The number of benzene rings is 1. The van der Waals surface area contributed by atoms with Crippen LogP contribution in [0.4, 0.5) is 0 Å². The van der Waals surface area contributed by atoms with Crippen molar-refractivity contribution in [2.45, 2.75) is 63.9 Å². The van der Waals surface area contributed by atoms with Gasteiger partial charge < -0.3 is 5.32 Å². The molecule has 0 saturated heterocycles. The molecular formula is C18H28N2O2S. The predicted molar refractivity (Wildman–Crippen MR) is 93.4 cm³/mol. The van der Waals surface area contributed by atoms with E-state index in [2.05, 4.69) is 10.0 Å². The van der Waals surface area contributed by atoms with Crippen molar-refractivity contribution in [3.63, 3.8) is 0 Å². The van der Waals surface area contributed by atoms with Crippen molar-refractivity contribution in [3.8, 4) is 0 Å². The van der Waals surface area contributed by atoms with Gasteiger partial charge in [-0.05, 0) is 49.7 Å². The second-order valence-electron chi connectivity index (χ2n) is 7.43. The van der Waals surface area contributed by atoms with Crippen LogP contribution in [0.2, 0.25) is 0 Å². The Kier molecular flexibility index (Phi) is 5.09. The van der Waals surface area contributed by atoms with E-state index in [0.29, 0.717) is 6.04 Å². The first-order valence-corrected chi connectivity index (χ1v) is 10.4. The summed E-state index contributed by atoms with van der Waals surface area (Å²) in [6.45, 7) is 4.55. The van der Waals surface area contributed by atoms with Crippen LogP contribution in [-0.2, 0) is 22.3 Å². The van der Waals surface area contributed by atoms with Gasteiger partial charge in [0.05, 0.1) is 5.75 Å². The zero-order valence-electron chi connectivity index (χ0n) is 14.1. The zero-order chi connectivity index (χ0) is 16.4. The van der Waals surface area contributed by atoms with Gasteiger partial charge in [0.25, 0.3) is 0 Å². The fraction of sp³-hybridized carbons (Fsp3) is 0.667. The van der Waals surface area contributed by atoms with Crippen LogP contribution < -0.4 is 10.0 Å². The molecule has 0 heterocycles. The molecule has 128 valence electrons. The van der Waals surface area contributed by atoms with Gasteiger partial charge in [0, 0.05) is 18.6 Å². The molecule has 0 radical (unpaired) electrons. The molecule has 4 nitrogen and oxygen atoms in total. The number of rotatable bonds is 7. The van der Waals surface area contributed by atoms with Crippen LogP contribution in [0.1, 0.15) is 50.7 Å². The normalized spacial score (nSPS) is 27.0. The van der Waals surface area contributed by atoms with E-state index in [4.69, 9.17) is 0 Å². The standard InChI is InChI=1S/C18H28N2O2S/c1-13(2)20-23(21,22)12-15-8-6-14(7-9-15)11-19-18-5-3-4-16-10-17(16)18/h6-9,13,16-20H,3-5,10-12H2,1-2H3/t16-,17+,18?/m1/s1. The lowest BCUT2D eigenvalue weighted by Gasteiger charge is -2.22. The summed E-state index contributed by atoms with van der Waals surface area (Å²) < 4.78 is 26.5. The Bertz CT molecular complexity index is 625. The molecule has 2 aliphatic rings. The molecule has 2 saturated carbocycles. The fourth-order valence-electron chi connectivity index (χ4n) is 3.79. The molecule has 2 fully saturated rings. The van der Waals surface area contributed by atoms with Gasteiger partial charge >= 0.3 is 0 Å². The molecule has 1 unspecified atom stereocenters. The van der Waals surface area contributed by atoms with E-state index in [1.54, 1.807) is 0 Å². The molecule has 0 bridgehead atoms. The molecule has 0 spiro atoms. The van der Waals surface area contributed by atoms with Crippen LogP contribution in [0.3, 0.4) is 0 Å². The van der Waals surface area contributed by atoms with Crippen LogP contribution in [0.25, 0.3) is 0 Å². The van der Waals surface area contributed by atoms with Crippen LogP contribution >= 0.6 is 0 Å². The second kappa shape index (κ2) is 6.91. The van der Waals surface area contributed by atoms with Crippen LogP contribution in [0, 0.1) is 11.8 Å². The largest absolute Gasteiger partial charge is 0.310 e. The first-order chi connectivity index (χ1) is 10.9. The van der Waals surface area contributed by atoms with Gasteiger partial charge in [-0.3, -0.25) is 0 Å². The Morgan fingerprint density at radius 3 is 2.52 bits per heavy atom. The van der Waals surface area contributed by atoms with Gasteiger partial charge in [0.1, 0.15) is 0 Å². The predicted octanol–water partition coefficient (Wildman–Crippen LogP) is 2.79. The molecule has 2 aliphatic carbocycles. The Morgan fingerprint density at radius 2 is 1.83 bits per heavy atom. The highest BCUT2D eigenvalue weighted by atomic mass is 32.2. The highest BCUT2D eigenvalue weighted by Gasteiger charge is 2.44. The van der Waals surface area contributed by atoms with E-state index >= 15 is 0 Å². The first-order valence-electron chi connectivity index (χ1n) is 8.74. The lowest BCUT2D eigenvalue weighted by molar-refractivity contribution is 0.352. The van der Waals surface area contributed by atoms with Crippen LogP contribution in [0.15, 0.2) is 24.3 Å². The van der Waals surface area contributed by atoms with Crippen LogP contribution in [-0.4, -0.2) is 20.5 Å². The number of nitrogens with one attached hydrogen (secondary N) is 2. The van der Waals surface area contributed by atoms with Crippen molar-refractivity contribution < 1.29 is 8.42 Å². The average Bonchev–Trinajstić information content (AvgIpc) is 3.24. The third kappa shape index (κ3) is 4.78. The first kappa shape index (κ1) is 16.9. The third-order valence-electron chi connectivity index (χ3n) is 4.95. The number of hydrogen-bond donors (Lipinski definition) is 2. The highest BCUT2D eigenvalue weighted by molar-refractivity contribution is 7.88. The molecule has 5 heteroatoms. The minimum absolute atomic E-state index is 0.0469. The van der Waals surface area contributed by atoms with Gasteiger partial charge in [-0.2, -0.15) is 0 Å². The molecule has 0 amide bonds. The van der Waals surface area contributed by atoms with Gasteiger partial charge in [0.2, 0.25) is 10.0 Å². The second-order valence-corrected chi connectivity index (χ2v) is 9.18. The average molecular weight is 337 g/mol. The van der Waals surface area contributed by atoms with E-state index in [9.17, 15) is 8.42 Å². The summed E-state index contributed by atoms with van der Waals surface area (Å²) >= 11 is 0. The van der Waals surface area contributed by atoms with Crippen molar-refractivity contribution in [1.82, 2.24) is 10.0 Å². The van der Waals surface area contributed by atoms with Gasteiger partial charge in [-0.15, -0.1) is 0 Å². The maximum absolute atomic E-state index is 11.9. The molecule has 3 rings (SSSR count). The molecule has 23 heavy (non-hydrogen) atoms. The smallest absolute Gasteiger partial charge is 0.216 e. The molecule has 0 aliphatic heterocycles. The Labute approximate surface area is 140 Å². The van der Waals surface area contributed by atoms with E-state index < -0.39 is 10.0 Å². The van der Waals surface area contributed by atoms with Gasteiger partial charge in [0.15, 0.2) is 0 Å². The van der Waals surface area contributed by atoms with Crippen molar-refractivity contribution in [2.75, 3.05) is 0 Å². The molecule has 3 atom stereocenters. The molecule has 2 N–H and O–H groups in total. The SMILES string of the molecule is CC(C)NS(=O)(=O)Cc1ccc(CNC2CCC[C@@H]3C[C@H]23)cc1. The van der Waals surface area contributed by atoms with E-state index in [0.717, 1.165) is 23.9 Å². The van der Waals surface area contributed by atoms with E-state index in [1.165, 1.54) is 31.2 Å². The van der Waals surface area contributed by atoms with Gasteiger partial charge in [-0.1, -0.05) is 37.1 Å². The van der Waals surface area contributed by atoms with Crippen molar-refractivity contribution in [2.24, 2.45) is 11.8 Å². The number of fused-ring (bicyclic) bond motifs is 1. The molecule has 0 aromatic heterocycles. The summed E-state index contributed by atoms with van der Waals surface area (Å²) in [5.74, 6) is 1.95. The maximum Gasteiger partial charge on any atom is 0.216 e. The lowest BCUT2D eigenvalue weighted by atomic mass is 9.95. The maximum atomic E-state index is 11.9. The van der Waals surface area contributed by atoms with Crippen molar-refractivity contribution in [1.29, 1.82) is 0 Å². The Hall–Kier alpha value is -0.910. The monoisotopic (exact) mass is 336 g/mol. The molecular weight excluding hydrogens is 308 g/mol. The molecule has 1 aromatic rings. The third-order valence-corrected chi connectivity index (χ3v) is 6.49. The summed E-state index contributed by atoms with van der Waals surface area (Å²) in [4.78, 5) is 0. The topological polar surface area (TPSA) is 58.2 Å². The summed E-state index contributed by atoms with van der Waals surface area (Å²) in [6, 6.07) is 8.56. The number of sulfonamides is 1. The lowest BCUT2D eigenvalue weighted by Crippen LogP contribution is -2.33. The summed E-state index contributed by atoms with van der Waals surface area (Å²) in [5, 5.41) is 3.69. The minimum Gasteiger partial charge on any atom is -0.310 e. The Balaban J connectivity index is 1.51. The minimum atomic E-state index is -3.24. The van der Waals surface area contributed by atoms with Gasteiger partial charge in [-0.25, -0.2) is 13.1 Å². The summed E-state index contributed by atoms with van der Waals surface area (Å²) in [5.41, 5.74) is 2.06. The summed E-state index contributed by atoms with van der Waals surface area (Å²) in [6.07, 6.45) is 5.50. The van der Waals surface area contributed by atoms with E-state index in [-0.39, 0.29) is 11.8 Å². The highest BCUT2D eigenvalue weighted by Crippen LogP contribution is 2.49. The quantitative estimate of drug-likeness (QED) is 0.805. The van der Waals surface area contributed by atoms with Crippen LogP contribution in [0.5, 0.6) is 0 Å². The zero-order valence-corrected chi connectivity index (χ0v) is 14.9. The molecule has 1 aromatic carbocycles. The Morgan fingerprint density at radius 1 is 1.13 bits per heavy atom. The summed E-state index contributed by atoms with van der Waals surface area (Å²) in [7, 11) is -3.24. The van der Waals surface area contributed by atoms with Crippen molar-refractivity contribution in [3.05, 3.63) is 35.4 Å². The fourth-order valence-corrected chi connectivity index (χ4v) is 5.22. The van der Waals surface area contributed by atoms with Crippen molar-refractivity contribution >= 4 is 10.0 Å².